The number of rotatable bonds is 6. The number of ether oxygens (including phenoxy) is 1. The Balaban J connectivity index is 1.45. The van der Waals surface area contributed by atoms with E-state index in [-0.39, 0.29) is 18.9 Å². The maximum atomic E-state index is 12.7. The van der Waals surface area contributed by atoms with Gasteiger partial charge in [-0.1, -0.05) is 30.3 Å². The van der Waals surface area contributed by atoms with Crippen molar-refractivity contribution in [3.63, 3.8) is 0 Å². The molecule has 3 aromatic carbocycles. The van der Waals surface area contributed by atoms with Gasteiger partial charge in [-0.3, -0.25) is 19.1 Å². The summed E-state index contributed by atoms with van der Waals surface area (Å²) in [6.45, 7) is 0.161. The molecule has 0 aliphatic rings. The van der Waals surface area contributed by atoms with Gasteiger partial charge < -0.3 is 9.64 Å². The molecule has 0 unspecified atom stereocenters. The van der Waals surface area contributed by atoms with Crippen LogP contribution >= 0.6 is 0 Å². The van der Waals surface area contributed by atoms with Gasteiger partial charge >= 0.3 is 5.69 Å². The van der Waals surface area contributed by atoms with Gasteiger partial charge in [-0.25, -0.2) is 4.79 Å². The Labute approximate surface area is 178 Å². The predicted octanol–water partition coefficient (Wildman–Crippen LogP) is 3.54. The number of carbonyl (C=O) groups excluding carboxylic acids is 1. The summed E-state index contributed by atoms with van der Waals surface area (Å²) in [7, 11) is 1.68. The Bertz CT molecular complexity index is 1330. The van der Waals surface area contributed by atoms with Crippen LogP contribution in [0.25, 0.3) is 10.9 Å². The number of aromatic nitrogens is 2. The Morgan fingerprint density at radius 1 is 0.903 bits per heavy atom. The SMILES string of the molecule is CN(C(=O)CCn1c(=O)[nH]c(=O)c2ccccc21)c1ccc(Oc2ccccc2)cc1. The molecule has 31 heavy (non-hydrogen) atoms. The van der Waals surface area contributed by atoms with Gasteiger partial charge in [0.25, 0.3) is 5.56 Å². The number of anilines is 1. The molecular formula is C24H21N3O4. The summed E-state index contributed by atoms with van der Waals surface area (Å²) >= 11 is 0. The molecule has 1 heterocycles. The molecule has 0 atom stereocenters. The van der Waals surface area contributed by atoms with Gasteiger partial charge in [-0.05, 0) is 48.5 Å². The zero-order chi connectivity index (χ0) is 21.8. The molecule has 1 amide bonds. The fraction of sp³-hybridized carbons (Fsp3) is 0.125. The van der Waals surface area contributed by atoms with E-state index < -0.39 is 11.2 Å². The maximum Gasteiger partial charge on any atom is 0.328 e. The zero-order valence-electron chi connectivity index (χ0n) is 16.9. The van der Waals surface area contributed by atoms with E-state index in [1.807, 2.05) is 30.3 Å². The van der Waals surface area contributed by atoms with Crippen molar-refractivity contribution in [3.05, 3.63) is 99.7 Å². The molecule has 7 heteroatoms. The summed E-state index contributed by atoms with van der Waals surface area (Å²) in [6, 6.07) is 23.5. The first kappa shape index (κ1) is 20.2. The fourth-order valence-corrected chi connectivity index (χ4v) is 3.35. The normalized spacial score (nSPS) is 10.7. The van der Waals surface area contributed by atoms with E-state index in [4.69, 9.17) is 4.74 Å². The number of aryl methyl sites for hydroxylation is 1. The van der Waals surface area contributed by atoms with Crippen LogP contribution < -0.4 is 20.9 Å². The molecule has 0 saturated carbocycles. The molecular weight excluding hydrogens is 394 g/mol. The minimum Gasteiger partial charge on any atom is -0.457 e. The Kier molecular flexibility index (Phi) is 5.66. The number of nitrogens with one attached hydrogen (secondary N) is 1. The molecule has 0 bridgehead atoms. The predicted molar refractivity (Wildman–Crippen MR) is 120 cm³/mol. The average molecular weight is 415 g/mol. The number of carbonyl (C=O) groups is 1. The van der Waals surface area contributed by atoms with Crippen LogP contribution in [0.3, 0.4) is 0 Å². The molecule has 0 radical (unpaired) electrons. The highest BCUT2D eigenvalue weighted by Gasteiger charge is 2.13. The highest BCUT2D eigenvalue weighted by atomic mass is 16.5. The monoisotopic (exact) mass is 415 g/mol. The number of hydrogen-bond donors (Lipinski definition) is 1. The number of aromatic amines is 1. The molecule has 0 fully saturated rings. The van der Waals surface area contributed by atoms with Crippen LogP contribution in [-0.4, -0.2) is 22.5 Å². The van der Waals surface area contributed by atoms with Crippen molar-refractivity contribution in [1.29, 1.82) is 0 Å². The number of amides is 1. The third-order valence-corrected chi connectivity index (χ3v) is 5.03. The topological polar surface area (TPSA) is 84.4 Å². The Hall–Kier alpha value is -4.13. The summed E-state index contributed by atoms with van der Waals surface area (Å²) in [5.41, 5.74) is 0.262. The number of fused-ring (bicyclic) bond motifs is 1. The second kappa shape index (κ2) is 8.71. The largest absolute Gasteiger partial charge is 0.457 e. The van der Waals surface area contributed by atoms with Crippen molar-refractivity contribution in [3.8, 4) is 11.5 Å². The standard InChI is InChI=1S/C24H21N3O4/c1-26(17-11-13-19(14-12-17)31-18-7-3-2-4-8-18)22(28)15-16-27-21-10-6-5-9-20(21)23(29)25-24(27)30/h2-14H,15-16H2,1H3,(H,25,29,30). The van der Waals surface area contributed by atoms with E-state index >= 15 is 0 Å². The van der Waals surface area contributed by atoms with Crippen molar-refractivity contribution in [1.82, 2.24) is 9.55 Å². The Morgan fingerprint density at radius 2 is 1.55 bits per heavy atom. The first-order valence-electron chi connectivity index (χ1n) is 9.84. The second-order valence-electron chi connectivity index (χ2n) is 7.04. The third-order valence-electron chi connectivity index (χ3n) is 5.03. The number of benzene rings is 3. The van der Waals surface area contributed by atoms with Gasteiger partial charge in [0.2, 0.25) is 5.91 Å². The first-order chi connectivity index (χ1) is 15.0. The molecule has 4 aromatic rings. The lowest BCUT2D eigenvalue weighted by atomic mass is 10.2. The van der Waals surface area contributed by atoms with E-state index in [2.05, 4.69) is 4.98 Å². The fourth-order valence-electron chi connectivity index (χ4n) is 3.35. The molecule has 0 spiro atoms. The maximum absolute atomic E-state index is 12.7. The molecule has 156 valence electrons. The molecule has 1 aromatic heterocycles. The molecule has 0 aliphatic carbocycles. The molecule has 4 rings (SSSR count). The summed E-state index contributed by atoms with van der Waals surface area (Å²) in [6.07, 6.45) is 0.106. The summed E-state index contributed by atoms with van der Waals surface area (Å²) in [5.74, 6) is 1.25. The molecule has 0 saturated heterocycles. The van der Waals surface area contributed by atoms with Gasteiger partial charge in [0, 0.05) is 25.7 Å². The van der Waals surface area contributed by atoms with Gasteiger partial charge in [0.05, 0.1) is 10.9 Å². The van der Waals surface area contributed by atoms with Crippen LogP contribution in [0.4, 0.5) is 5.69 Å². The third kappa shape index (κ3) is 4.40. The highest BCUT2D eigenvalue weighted by Crippen LogP contribution is 2.24. The average Bonchev–Trinajstić information content (AvgIpc) is 2.79. The molecule has 7 nitrogen and oxygen atoms in total. The van der Waals surface area contributed by atoms with Crippen LogP contribution in [0.1, 0.15) is 6.42 Å². The first-order valence-corrected chi connectivity index (χ1v) is 9.84. The van der Waals surface area contributed by atoms with Crippen LogP contribution in [-0.2, 0) is 11.3 Å². The zero-order valence-corrected chi connectivity index (χ0v) is 16.9. The van der Waals surface area contributed by atoms with Crippen molar-refractivity contribution in [2.45, 2.75) is 13.0 Å². The van der Waals surface area contributed by atoms with Gasteiger partial charge in [-0.2, -0.15) is 0 Å². The quantitative estimate of drug-likeness (QED) is 0.522. The van der Waals surface area contributed by atoms with Crippen molar-refractivity contribution >= 4 is 22.5 Å². The van der Waals surface area contributed by atoms with Crippen molar-refractivity contribution in [2.75, 3.05) is 11.9 Å². The lowest BCUT2D eigenvalue weighted by Gasteiger charge is -2.18. The second-order valence-corrected chi connectivity index (χ2v) is 7.04. The van der Waals surface area contributed by atoms with E-state index in [0.29, 0.717) is 22.3 Å². The van der Waals surface area contributed by atoms with Gasteiger partial charge in [0.1, 0.15) is 11.5 Å². The highest BCUT2D eigenvalue weighted by molar-refractivity contribution is 5.92. The number of para-hydroxylation sites is 2. The summed E-state index contributed by atoms with van der Waals surface area (Å²) in [4.78, 5) is 40.8. The number of hydrogen-bond acceptors (Lipinski definition) is 4. The lowest BCUT2D eigenvalue weighted by molar-refractivity contribution is -0.118. The molecule has 0 aliphatic heterocycles. The van der Waals surface area contributed by atoms with Crippen LogP contribution in [0, 0.1) is 0 Å². The van der Waals surface area contributed by atoms with E-state index in [0.717, 1.165) is 5.75 Å². The summed E-state index contributed by atoms with van der Waals surface area (Å²) < 4.78 is 7.19. The number of nitrogens with zero attached hydrogens (tertiary/aromatic N) is 2. The molecule has 1 N–H and O–H groups in total. The van der Waals surface area contributed by atoms with Crippen LogP contribution in [0.5, 0.6) is 11.5 Å². The number of H-pyrrole nitrogens is 1. The van der Waals surface area contributed by atoms with E-state index in [1.165, 1.54) is 9.47 Å². The van der Waals surface area contributed by atoms with Gasteiger partial charge in [0.15, 0.2) is 0 Å². The minimum absolute atomic E-state index is 0.106. The Morgan fingerprint density at radius 3 is 2.29 bits per heavy atom. The summed E-state index contributed by atoms with van der Waals surface area (Å²) in [5, 5.41) is 0.414. The van der Waals surface area contributed by atoms with Crippen LogP contribution in [0.2, 0.25) is 0 Å². The van der Waals surface area contributed by atoms with Crippen LogP contribution in [0.15, 0.2) is 88.5 Å². The minimum atomic E-state index is -0.526. The van der Waals surface area contributed by atoms with Crippen molar-refractivity contribution < 1.29 is 9.53 Å². The van der Waals surface area contributed by atoms with Crippen molar-refractivity contribution in [2.24, 2.45) is 0 Å². The smallest absolute Gasteiger partial charge is 0.328 e. The van der Waals surface area contributed by atoms with Gasteiger partial charge in [-0.15, -0.1) is 0 Å². The van der Waals surface area contributed by atoms with E-state index in [9.17, 15) is 14.4 Å². The lowest BCUT2D eigenvalue weighted by Crippen LogP contribution is -2.33. The van der Waals surface area contributed by atoms with E-state index in [1.54, 1.807) is 55.6 Å².